The lowest BCUT2D eigenvalue weighted by Gasteiger charge is -2.27. The SMILES string of the molecule is COc1cc(CC(=O)Nc2ccnn2C2CCCc3ccccc32)cc(OC)c1OC. The normalized spacial score (nSPS) is 15.1. The van der Waals surface area contributed by atoms with Gasteiger partial charge in [0.15, 0.2) is 11.5 Å². The highest BCUT2D eigenvalue weighted by Crippen LogP contribution is 2.38. The molecule has 1 aliphatic rings. The predicted octanol–water partition coefficient (Wildman–Crippen LogP) is 4.02. The number of anilines is 1. The summed E-state index contributed by atoms with van der Waals surface area (Å²) < 4.78 is 18.1. The van der Waals surface area contributed by atoms with E-state index in [0.29, 0.717) is 23.1 Å². The van der Waals surface area contributed by atoms with Gasteiger partial charge < -0.3 is 19.5 Å². The molecule has 162 valence electrons. The molecule has 1 atom stereocenters. The first-order valence-electron chi connectivity index (χ1n) is 10.3. The number of hydrogen-bond acceptors (Lipinski definition) is 5. The highest BCUT2D eigenvalue weighted by molar-refractivity contribution is 5.91. The Morgan fingerprint density at radius 3 is 2.55 bits per heavy atom. The van der Waals surface area contributed by atoms with Crippen molar-refractivity contribution in [2.45, 2.75) is 31.7 Å². The topological polar surface area (TPSA) is 74.6 Å². The monoisotopic (exact) mass is 421 g/mol. The zero-order chi connectivity index (χ0) is 21.8. The van der Waals surface area contributed by atoms with E-state index < -0.39 is 0 Å². The first kappa shape index (κ1) is 20.8. The summed E-state index contributed by atoms with van der Waals surface area (Å²) in [5.41, 5.74) is 3.39. The zero-order valence-corrected chi connectivity index (χ0v) is 18.1. The van der Waals surface area contributed by atoms with Crippen molar-refractivity contribution in [2.75, 3.05) is 26.6 Å². The summed E-state index contributed by atoms with van der Waals surface area (Å²) in [6.45, 7) is 0. The number of amides is 1. The molecule has 4 rings (SSSR count). The molecule has 0 fully saturated rings. The molecule has 1 unspecified atom stereocenters. The van der Waals surface area contributed by atoms with Crippen molar-refractivity contribution in [1.29, 1.82) is 0 Å². The van der Waals surface area contributed by atoms with Gasteiger partial charge in [-0.15, -0.1) is 0 Å². The number of rotatable bonds is 7. The molecule has 2 aromatic carbocycles. The van der Waals surface area contributed by atoms with Gasteiger partial charge in [0.1, 0.15) is 5.82 Å². The Kier molecular flexibility index (Phi) is 6.11. The largest absolute Gasteiger partial charge is 0.493 e. The van der Waals surface area contributed by atoms with Crippen LogP contribution in [0, 0.1) is 0 Å². The van der Waals surface area contributed by atoms with Crippen LogP contribution in [-0.4, -0.2) is 37.0 Å². The molecule has 31 heavy (non-hydrogen) atoms. The fraction of sp³-hybridized carbons (Fsp3) is 0.333. The van der Waals surface area contributed by atoms with Gasteiger partial charge in [0.25, 0.3) is 0 Å². The van der Waals surface area contributed by atoms with E-state index in [2.05, 4.69) is 34.7 Å². The average molecular weight is 421 g/mol. The summed E-state index contributed by atoms with van der Waals surface area (Å²) in [5.74, 6) is 2.10. The summed E-state index contributed by atoms with van der Waals surface area (Å²) >= 11 is 0. The van der Waals surface area contributed by atoms with Gasteiger partial charge in [0.05, 0.1) is 40.0 Å². The minimum atomic E-state index is -0.139. The molecule has 0 bridgehead atoms. The van der Waals surface area contributed by atoms with E-state index in [4.69, 9.17) is 14.2 Å². The number of aromatic nitrogens is 2. The van der Waals surface area contributed by atoms with Crippen LogP contribution in [0.25, 0.3) is 0 Å². The van der Waals surface area contributed by atoms with Crippen molar-refractivity contribution in [1.82, 2.24) is 9.78 Å². The van der Waals surface area contributed by atoms with Crippen molar-refractivity contribution < 1.29 is 19.0 Å². The van der Waals surface area contributed by atoms with Gasteiger partial charge in [0, 0.05) is 6.07 Å². The third-order valence-electron chi connectivity index (χ3n) is 5.66. The van der Waals surface area contributed by atoms with Crippen LogP contribution < -0.4 is 19.5 Å². The molecule has 1 heterocycles. The molecule has 1 aliphatic carbocycles. The summed E-state index contributed by atoms with van der Waals surface area (Å²) in [6.07, 6.45) is 5.07. The molecular weight excluding hydrogens is 394 g/mol. The Morgan fingerprint density at radius 2 is 1.84 bits per heavy atom. The van der Waals surface area contributed by atoms with Crippen molar-refractivity contribution in [3.63, 3.8) is 0 Å². The van der Waals surface area contributed by atoms with E-state index in [1.807, 2.05) is 10.7 Å². The number of fused-ring (bicyclic) bond motifs is 1. The number of nitrogens with one attached hydrogen (secondary N) is 1. The van der Waals surface area contributed by atoms with E-state index in [0.717, 1.165) is 24.8 Å². The Morgan fingerprint density at radius 1 is 1.10 bits per heavy atom. The second kappa shape index (κ2) is 9.12. The van der Waals surface area contributed by atoms with E-state index in [1.165, 1.54) is 11.1 Å². The van der Waals surface area contributed by atoms with Gasteiger partial charge in [-0.25, -0.2) is 4.68 Å². The summed E-state index contributed by atoms with van der Waals surface area (Å²) in [7, 11) is 4.67. The molecule has 0 radical (unpaired) electrons. The number of hydrogen-bond donors (Lipinski definition) is 1. The Hall–Kier alpha value is -3.48. The van der Waals surface area contributed by atoms with Crippen LogP contribution in [0.4, 0.5) is 5.82 Å². The van der Waals surface area contributed by atoms with Crippen LogP contribution in [-0.2, 0) is 17.6 Å². The van der Waals surface area contributed by atoms with Gasteiger partial charge in [-0.3, -0.25) is 4.79 Å². The van der Waals surface area contributed by atoms with Crippen LogP contribution in [0.5, 0.6) is 17.2 Å². The summed E-state index contributed by atoms with van der Waals surface area (Å²) in [5, 5.41) is 7.54. The zero-order valence-electron chi connectivity index (χ0n) is 18.1. The number of methoxy groups -OCH3 is 3. The van der Waals surface area contributed by atoms with Crippen LogP contribution in [0.1, 0.15) is 35.6 Å². The van der Waals surface area contributed by atoms with E-state index in [9.17, 15) is 4.79 Å². The maximum absolute atomic E-state index is 12.8. The molecule has 0 aliphatic heterocycles. The second-order valence-electron chi connectivity index (χ2n) is 7.53. The molecule has 1 N–H and O–H groups in total. The summed E-state index contributed by atoms with van der Waals surface area (Å²) in [4.78, 5) is 12.8. The Labute approximate surface area is 181 Å². The van der Waals surface area contributed by atoms with Crippen LogP contribution in [0.15, 0.2) is 48.7 Å². The predicted molar refractivity (Wildman–Crippen MR) is 118 cm³/mol. The van der Waals surface area contributed by atoms with Crippen molar-refractivity contribution >= 4 is 11.7 Å². The van der Waals surface area contributed by atoms with Gasteiger partial charge in [-0.2, -0.15) is 5.10 Å². The maximum Gasteiger partial charge on any atom is 0.229 e. The van der Waals surface area contributed by atoms with Gasteiger partial charge >= 0.3 is 0 Å². The first-order chi connectivity index (χ1) is 15.1. The Bertz CT molecular complexity index is 1050. The minimum absolute atomic E-state index is 0.122. The van der Waals surface area contributed by atoms with Crippen molar-refractivity contribution in [2.24, 2.45) is 0 Å². The van der Waals surface area contributed by atoms with Gasteiger partial charge in [-0.1, -0.05) is 24.3 Å². The first-order valence-corrected chi connectivity index (χ1v) is 10.3. The van der Waals surface area contributed by atoms with Gasteiger partial charge in [0.2, 0.25) is 11.7 Å². The molecule has 1 aromatic heterocycles. The molecule has 7 heteroatoms. The van der Waals surface area contributed by atoms with Crippen molar-refractivity contribution in [3.05, 3.63) is 65.4 Å². The molecule has 3 aromatic rings. The third-order valence-corrected chi connectivity index (χ3v) is 5.66. The van der Waals surface area contributed by atoms with Crippen LogP contribution in [0.2, 0.25) is 0 Å². The highest BCUT2D eigenvalue weighted by atomic mass is 16.5. The summed E-state index contributed by atoms with van der Waals surface area (Å²) in [6, 6.07) is 14.0. The molecule has 7 nitrogen and oxygen atoms in total. The van der Waals surface area contributed by atoms with E-state index in [-0.39, 0.29) is 18.4 Å². The lowest BCUT2D eigenvalue weighted by atomic mass is 9.88. The van der Waals surface area contributed by atoms with Gasteiger partial charge in [-0.05, 0) is 48.1 Å². The fourth-order valence-corrected chi connectivity index (χ4v) is 4.25. The fourth-order valence-electron chi connectivity index (χ4n) is 4.25. The van der Waals surface area contributed by atoms with E-state index in [1.54, 1.807) is 39.7 Å². The quantitative estimate of drug-likeness (QED) is 0.624. The highest BCUT2D eigenvalue weighted by Gasteiger charge is 2.24. The lowest BCUT2D eigenvalue weighted by Crippen LogP contribution is -2.23. The Balaban J connectivity index is 1.54. The number of carbonyl (C=O) groups is 1. The second-order valence-corrected chi connectivity index (χ2v) is 7.53. The average Bonchev–Trinajstić information content (AvgIpc) is 3.25. The van der Waals surface area contributed by atoms with Crippen LogP contribution >= 0.6 is 0 Å². The molecule has 0 spiro atoms. The molecule has 1 amide bonds. The number of nitrogens with zero attached hydrogens (tertiary/aromatic N) is 2. The molecular formula is C24H27N3O4. The van der Waals surface area contributed by atoms with Crippen molar-refractivity contribution in [3.8, 4) is 17.2 Å². The maximum atomic E-state index is 12.8. The standard InChI is InChI=1S/C24H27N3O4/c1-29-20-13-16(14-21(30-2)24(20)31-3)15-23(28)26-22-11-12-25-27(22)19-10-6-8-17-7-4-5-9-18(17)19/h4-5,7,9,11-14,19H,6,8,10,15H2,1-3H3,(H,26,28). The smallest absolute Gasteiger partial charge is 0.229 e. The van der Waals surface area contributed by atoms with Crippen LogP contribution in [0.3, 0.4) is 0 Å². The molecule has 0 saturated carbocycles. The minimum Gasteiger partial charge on any atom is -0.493 e. The lowest BCUT2D eigenvalue weighted by molar-refractivity contribution is -0.115. The number of carbonyl (C=O) groups excluding carboxylic acids is 1. The number of benzene rings is 2. The number of aryl methyl sites for hydroxylation is 1. The number of ether oxygens (including phenoxy) is 3. The van der Waals surface area contributed by atoms with E-state index >= 15 is 0 Å². The molecule has 0 saturated heterocycles. The third kappa shape index (κ3) is 4.21.